The van der Waals surface area contributed by atoms with Gasteiger partial charge in [0.05, 0.1) is 5.56 Å². The molecule has 6 heteroatoms. The van der Waals surface area contributed by atoms with Crippen molar-refractivity contribution in [3.8, 4) is 0 Å². The largest absolute Gasteiger partial charge is 0.417 e. The molecular weight excluding hydrogens is 235 g/mol. The Morgan fingerprint density at radius 2 is 1.94 bits per heavy atom. The summed E-state index contributed by atoms with van der Waals surface area (Å²) in [5.41, 5.74) is 3.50. The molecule has 0 spiro atoms. The Morgan fingerprint density at radius 1 is 1.29 bits per heavy atom. The van der Waals surface area contributed by atoms with Crippen LogP contribution in [0, 0.1) is 0 Å². The van der Waals surface area contributed by atoms with Crippen LogP contribution in [0.15, 0.2) is 24.3 Å². The predicted molar refractivity (Wildman–Crippen MR) is 55.1 cm³/mol. The van der Waals surface area contributed by atoms with Crippen LogP contribution in [0.2, 0.25) is 0 Å². The number of primary amides is 1. The molecule has 0 saturated heterocycles. The molecule has 1 rings (SSSR count). The summed E-state index contributed by atoms with van der Waals surface area (Å²) < 4.78 is 37.9. The minimum Gasteiger partial charge on any atom is -0.366 e. The lowest BCUT2D eigenvalue weighted by Gasteiger charge is -2.10. The Morgan fingerprint density at radius 3 is 2.41 bits per heavy atom. The quantitative estimate of drug-likeness (QED) is 0.652. The molecular formula is C11H8F3NO2. The van der Waals surface area contributed by atoms with Crippen molar-refractivity contribution >= 4 is 18.3 Å². The standard InChI is InChI=1S/C11H8F3NO2/c12-11(13,14)9-5-7(6-16)1-2-8(9)3-4-10(15)17/h1-6H,(H2,15,17). The molecule has 1 aromatic carbocycles. The lowest BCUT2D eigenvalue weighted by Crippen LogP contribution is -2.09. The van der Waals surface area contributed by atoms with Gasteiger partial charge in [-0.2, -0.15) is 13.2 Å². The number of alkyl halides is 3. The van der Waals surface area contributed by atoms with Crippen molar-refractivity contribution in [2.75, 3.05) is 0 Å². The van der Waals surface area contributed by atoms with E-state index in [4.69, 9.17) is 5.73 Å². The molecule has 0 saturated carbocycles. The van der Waals surface area contributed by atoms with E-state index in [-0.39, 0.29) is 11.1 Å². The van der Waals surface area contributed by atoms with Gasteiger partial charge in [0.15, 0.2) is 0 Å². The van der Waals surface area contributed by atoms with Gasteiger partial charge in [0.25, 0.3) is 0 Å². The predicted octanol–water partition coefficient (Wildman–Crippen LogP) is 2.02. The minimum atomic E-state index is -4.60. The van der Waals surface area contributed by atoms with Crippen molar-refractivity contribution in [2.24, 2.45) is 5.73 Å². The highest BCUT2D eigenvalue weighted by Gasteiger charge is 2.32. The highest BCUT2D eigenvalue weighted by molar-refractivity contribution is 5.90. The van der Waals surface area contributed by atoms with Crippen molar-refractivity contribution in [1.29, 1.82) is 0 Å². The molecule has 1 amide bonds. The maximum Gasteiger partial charge on any atom is 0.417 e. The number of aldehydes is 1. The van der Waals surface area contributed by atoms with E-state index in [1.807, 2.05) is 0 Å². The monoisotopic (exact) mass is 243 g/mol. The summed E-state index contributed by atoms with van der Waals surface area (Å²) in [4.78, 5) is 20.9. The molecule has 0 aliphatic rings. The van der Waals surface area contributed by atoms with Gasteiger partial charge < -0.3 is 5.73 Å². The first-order chi connectivity index (χ1) is 7.84. The van der Waals surface area contributed by atoms with E-state index in [0.717, 1.165) is 18.2 Å². The third kappa shape index (κ3) is 3.44. The summed E-state index contributed by atoms with van der Waals surface area (Å²) >= 11 is 0. The fourth-order valence-electron chi connectivity index (χ4n) is 1.21. The van der Waals surface area contributed by atoms with Crippen molar-refractivity contribution in [3.63, 3.8) is 0 Å². The van der Waals surface area contributed by atoms with Crippen LogP contribution in [-0.4, -0.2) is 12.2 Å². The second-order valence-corrected chi connectivity index (χ2v) is 3.20. The van der Waals surface area contributed by atoms with Crippen LogP contribution in [0.1, 0.15) is 21.5 Å². The first-order valence-electron chi connectivity index (χ1n) is 4.48. The second kappa shape index (κ2) is 4.82. The highest BCUT2D eigenvalue weighted by atomic mass is 19.4. The number of halogens is 3. The number of carbonyl (C=O) groups is 2. The molecule has 0 aromatic heterocycles. The number of benzene rings is 1. The van der Waals surface area contributed by atoms with E-state index in [1.54, 1.807) is 0 Å². The molecule has 0 aliphatic heterocycles. The third-order valence-corrected chi connectivity index (χ3v) is 1.95. The summed E-state index contributed by atoms with van der Waals surface area (Å²) in [6, 6.07) is 3.04. The number of hydrogen-bond acceptors (Lipinski definition) is 2. The van der Waals surface area contributed by atoms with E-state index in [0.29, 0.717) is 12.4 Å². The maximum absolute atomic E-state index is 12.6. The Bertz CT molecular complexity index is 478. The molecule has 0 unspecified atom stereocenters. The van der Waals surface area contributed by atoms with Crippen LogP contribution >= 0.6 is 0 Å². The molecule has 0 radical (unpaired) electrons. The minimum absolute atomic E-state index is 0.0893. The molecule has 0 atom stereocenters. The first kappa shape index (κ1) is 13.0. The molecule has 2 N–H and O–H groups in total. The molecule has 0 heterocycles. The van der Waals surface area contributed by atoms with Crippen LogP contribution in [0.5, 0.6) is 0 Å². The lowest BCUT2D eigenvalue weighted by molar-refractivity contribution is -0.137. The van der Waals surface area contributed by atoms with Gasteiger partial charge in [-0.3, -0.25) is 9.59 Å². The zero-order valence-electron chi connectivity index (χ0n) is 8.49. The summed E-state index contributed by atoms with van der Waals surface area (Å²) in [5.74, 6) is -0.849. The SMILES string of the molecule is NC(=O)C=Cc1ccc(C=O)cc1C(F)(F)F. The molecule has 1 aromatic rings. The summed E-state index contributed by atoms with van der Waals surface area (Å²) in [6.45, 7) is 0. The number of nitrogens with two attached hydrogens (primary N) is 1. The first-order valence-corrected chi connectivity index (χ1v) is 4.48. The van der Waals surface area contributed by atoms with Gasteiger partial charge in [-0.1, -0.05) is 12.1 Å². The van der Waals surface area contributed by atoms with Crippen LogP contribution < -0.4 is 5.73 Å². The molecule has 3 nitrogen and oxygen atoms in total. The Labute approximate surface area is 94.7 Å². The van der Waals surface area contributed by atoms with Gasteiger partial charge in [-0.15, -0.1) is 0 Å². The normalized spacial score (nSPS) is 11.7. The van der Waals surface area contributed by atoms with Crippen molar-refractivity contribution in [3.05, 3.63) is 41.0 Å². The van der Waals surface area contributed by atoms with E-state index in [9.17, 15) is 22.8 Å². The highest BCUT2D eigenvalue weighted by Crippen LogP contribution is 2.33. The van der Waals surface area contributed by atoms with Gasteiger partial charge in [-0.05, 0) is 17.7 Å². The van der Waals surface area contributed by atoms with E-state index < -0.39 is 17.6 Å². The van der Waals surface area contributed by atoms with Crippen molar-refractivity contribution in [2.45, 2.75) is 6.18 Å². The number of amides is 1. The average Bonchev–Trinajstić information content (AvgIpc) is 2.24. The van der Waals surface area contributed by atoms with E-state index in [1.165, 1.54) is 6.07 Å². The van der Waals surface area contributed by atoms with Crippen LogP contribution in [0.25, 0.3) is 6.08 Å². The summed E-state index contributed by atoms with van der Waals surface area (Å²) in [6.07, 6.45) is -2.50. The van der Waals surface area contributed by atoms with Gasteiger partial charge in [-0.25, -0.2) is 0 Å². The maximum atomic E-state index is 12.6. The van der Waals surface area contributed by atoms with Crippen molar-refractivity contribution < 1.29 is 22.8 Å². The van der Waals surface area contributed by atoms with Gasteiger partial charge in [0.1, 0.15) is 6.29 Å². The number of rotatable bonds is 3. The second-order valence-electron chi connectivity index (χ2n) is 3.20. The van der Waals surface area contributed by atoms with Gasteiger partial charge in [0, 0.05) is 11.6 Å². The van der Waals surface area contributed by atoms with E-state index >= 15 is 0 Å². The molecule has 0 aliphatic carbocycles. The van der Waals surface area contributed by atoms with Crippen LogP contribution in [0.3, 0.4) is 0 Å². The number of carbonyl (C=O) groups excluding carboxylic acids is 2. The summed E-state index contributed by atoms with van der Waals surface area (Å²) in [5, 5.41) is 0. The Hall–Kier alpha value is -2.11. The van der Waals surface area contributed by atoms with Gasteiger partial charge in [0.2, 0.25) is 5.91 Å². The van der Waals surface area contributed by atoms with E-state index in [2.05, 4.69) is 0 Å². The fourth-order valence-corrected chi connectivity index (χ4v) is 1.21. The zero-order valence-corrected chi connectivity index (χ0v) is 8.49. The molecule has 17 heavy (non-hydrogen) atoms. The lowest BCUT2D eigenvalue weighted by atomic mass is 10.0. The fraction of sp³-hybridized carbons (Fsp3) is 0.0909. The molecule has 0 fully saturated rings. The topological polar surface area (TPSA) is 60.2 Å². The average molecular weight is 243 g/mol. The smallest absolute Gasteiger partial charge is 0.366 e. The zero-order chi connectivity index (χ0) is 13.1. The van der Waals surface area contributed by atoms with Crippen molar-refractivity contribution in [1.82, 2.24) is 0 Å². The van der Waals surface area contributed by atoms with Crippen LogP contribution in [0.4, 0.5) is 13.2 Å². The molecule has 90 valence electrons. The van der Waals surface area contributed by atoms with Gasteiger partial charge >= 0.3 is 6.18 Å². The summed E-state index contributed by atoms with van der Waals surface area (Å²) in [7, 11) is 0. The number of hydrogen-bond donors (Lipinski definition) is 1. The van der Waals surface area contributed by atoms with Crippen LogP contribution in [-0.2, 0) is 11.0 Å². The Balaban J connectivity index is 3.30. The Kier molecular flexibility index (Phi) is 3.67. The molecule has 0 bridgehead atoms. The third-order valence-electron chi connectivity index (χ3n) is 1.95.